The van der Waals surface area contributed by atoms with E-state index in [0.29, 0.717) is 5.95 Å². The fraction of sp³-hybridized carbons (Fsp3) is 0.478. The normalized spacial score (nSPS) is 14.4. The van der Waals surface area contributed by atoms with Crippen molar-refractivity contribution in [2.75, 3.05) is 31.3 Å². The van der Waals surface area contributed by atoms with Gasteiger partial charge in [-0.3, -0.25) is 0 Å². The molecule has 6 heteroatoms. The molecule has 1 aliphatic rings. The lowest BCUT2D eigenvalue weighted by atomic mass is 9.89. The summed E-state index contributed by atoms with van der Waals surface area (Å²) in [5.41, 5.74) is 6.49. The molecule has 1 saturated carbocycles. The van der Waals surface area contributed by atoms with E-state index in [1.807, 2.05) is 54.6 Å². The Labute approximate surface area is 181 Å². The van der Waals surface area contributed by atoms with Crippen molar-refractivity contribution in [1.82, 2.24) is 15.3 Å². The first-order valence-electron chi connectivity index (χ1n) is 10.5. The quantitative estimate of drug-likeness (QED) is 0.576. The Kier molecular flexibility index (Phi) is 7.83. The first kappa shape index (κ1) is 21.5. The van der Waals surface area contributed by atoms with Gasteiger partial charge in [-0.1, -0.05) is 31.4 Å². The van der Waals surface area contributed by atoms with Crippen molar-refractivity contribution < 1.29 is 2.85 Å². The van der Waals surface area contributed by atoms with Gasteiger partial charge in [0.1, 0.15) is 5.82 Å². The number of aromatic nitrogens is 2. The zero-order valence-corrected chi connectivity index (χ0v) is 18.6. The van der Waals surface area contributed by atoms with E-state index in [1.54, 1.807) is 0 Å². The SMILES string of the molecule is CN(C)c1nc(N)nc2ccccc12.Cc1ccc(CNCC2CCCCC2)s1.[HH].[HH]. The van der Waals surface area contributed by atoms with Crippen molar-refractivity contribution in [3.8, 4) is 0 Å². The Morgan fingerprint density at radius 2 is 1.86 bits per heavy atom. The van der Waals surface area contributed by atoms with Crippen molar-refractivity contribution in [2.24, 2.45) is 5.92 Å². The van der Waals surface area contributed by atoms with E-state index in [9.17, 15) is 0 Å². The number of thiophene rings is 1. The van der Waals surface area contributed by atoms with Gasteiger partial charge in [0, 0.05) is 38.6 Å². The van der Waals surface area contributed by atoms with E-state index in [-0.39, 0.29) is 2.85 Å². The first-order valence-corrected chi connectivity index (χ1v) is 11.3. The molecule has 0 spiro atoms. The number of aryl methyl sites for hydroxylation is 1. The van der Waals surface area contributed by atoms with E-state index >= 15 is 0 Å². The first-order chi connectivity index (χ1) is 14.0. The number of hydrogen-bond acceptors (Lipinski definition) is 6. The fourth-order valence-corrected chi connectivity index (χ4v) is 4.65. The maximum atomic E-state index is 5.61. The number of para-hydroxylation sites is 1. The molecule has 2 aromatic heterocycles. The van der Waals surface area contributed by atoms with Gasteiger partial charge >= 0.3 is 0 Å². The zero-order chi connectivity index (χ0) is 20.6. The predicted octanol–water partition coefficient (Wildman–Crippen LogP) is 5.50. The molecule has 1 aliphatic carbocycles. The molecule has 0 atom stereocenters. The van der Waals surface area contributed by atoms with Crippen molar-refractivity contribution >= 4 is 34.0 Å². The van der Waals surface area contributed by atoms with Crippen LogP contribution in [0.5, 0.6) is 0 Å². The van der Waals surface area contributed by atoms with Crippen LogP contribution >= 0.6 is 11.3 Å². The zero-order valence-electron chi connectivity index (χ0n) is 17.8. The molecule has 0 aliphatic heterocycles. The van der Waals surface area contributed by atoms with Crippen LogP contribution in [0.1, 0.15) is 44.7 Å². The second-order valence-electron chi connectivity index (χ2n) is 7.96. The molecule has 0 bridgehead atoms. The number of rotatable bonds is 5. The summed E-state index contributed by atoms with van der Waals surface area (Å²) in [5.74, 6) is 2.11. The highest BCUT2D eigenvalue weighted by Crippen LogP contribution is 2.23. The van der Waals surface area contributed by atoms with Crippen molar-refractivity contribution in [1.29, 1.82) is 0 Å². The largest absolute Gasteiger partial charge is 0.368 e. The minimum atomic E-state index is 0. The average molecular weight is 416 g/mol. The molecule has 0 radical (unpaired) electrons. The number of nitrogens with two attached hydrogens (primary N) is 1. The minimum absolute atomic E-state index is 0. The second kappa shape index (κ2) is 10.6. The molecule has 29 heavy (non-hydrogen) atoms. The summed E-state index contributed by atoms with van der Waals surface area (Å²) in [6, 6.07) is 12.3. The Morgan fingerprint density at radius 3 is 2.55 bits per heavy atom. The topological polar surface area (TPSA) is 67.1 Å². The molecule has 5 nitrogen and oxygen atoms in total. The maximum absolute atomic E-state index is 5.61. The summed E-state index contributed by atoms with van der Waals surface area (Å²) < 4.78 is 0. The number of anilines is 2. The van der Waals surface area contributed by atoms with Gasteiger partial charge in [0.05, 0.1) is 5.52 Å². The number of benzene rings is 1. The highest BCUT2D eigenvalue weighted by molar-refractivity contribution is 7.11. The molecule has 1 fully saturated rings. The lowest BCUT2D eigenvalue weighted by Gasteiger charge is -2.21. The van der Waals surface area contributed by atoms with Crippen LogP contribution in [0.4, 0.5) is 11.8 Å². The van der Waals surface area contributed by atoms with Gasteiger partial charge in [0.15, 0.2) is 0 Å². The monoisotopic (exact) mass is 415 g/mol. The fourth-order valence-electron chi connectivity index (χ4n) is 3.79. The van der Waals surface area contributed by atoms with Gasteiger partial charge in [-0.25, -0.2) is 4.98 Å². The average Bonchev–Trinajstić information content (AvgIpc) is 3.13. The van der Waals surface area contributed by atoms with Crippen molar-refractivity contribution in [2.45, 2.75) is 45.6 Å². The highest BCUT2D eigenvalue weighted by Gasteiger charge is 2.12. The third-order valence-corrected chi connectivity index (χ3v) is 6.28. The maximum Gasteiger partial charge on any atom is 0.222 e. The van der Waals surface area contributed by atoms with Gasteiger partial charge in [0.2, 0.25) is 5.95 Å². The molecule has 3 aromatic rings. The Bertz CT molecular complexity index is 910. The third kappa shape index (κ3) is 6.41. The molecule has 2 heterocycles. The number of hydrogen-bond donors (Lipinski definition) is 2. The van der Waals surface area contributed by atoms with Gasteiger partial charge in [0.25, 0.3) is 0 Å². The number of nitrogens with zero attached hydrogens (tertiary/aromatic N) is 3. The molecule has 0 unspecified atom stereocenters. The third-order valence-electron chi connectivity index (χ3n) is 5.28. The van der Waals surface area contributed by atoms with Crippen LogP contribution in [0.3, 0.4) is 0 Å². The lowest BCUT2D eigenvalue weighted by Crippen LogP contribution is -2.23. The van der Waals surface area contributed by atoms with E-state index in [0.717, 1.165) is 29.2 Å². The summed E-state index contributed by atoms with van der Waals surface area (Å²) in [7, 11) is 3.88. The molecular formula is C23H37N5S. The summed E-state index contributed by atoms with van der Waals surface area (Å²) in [5, 5.41) is 4.62. The van der Waals surface area contributed by atoms with E-state index in [2.05, 4.69) is 34.3 Å². The molecule has 160 valence electrons. The Hall–Kier alpha value is -2.18. The Balaban J connectivity index is 0.000000292. The molecule has 3 N–H and O–H groups in total. The van der Waals surface area contributed by atoms with Gasteiger partial charge in [-0.05, 0) is 56.5 Å². The molecule has 0 saturated heterocycles. The smallest absolute Gasteiger partial charge is 0.222 e. The van der Waals surface area contributed by atoms with Crippen LogP contribution in [0.25, 0.3) is 10.9 Å². The van der Waals surface area contributed by atoms with Crippen LogP contribution in [0.15, 0.2) is 36.4 Å². The number of nitrogens with one attached hydrogen (secondary N) is 1. The van der Waals surface area contributed by atoms with E-state index < -0.39 is 0 Å². The Morgan fingerprint density at radius 1 is 1.10 bits per heavy atom. The lowest BCUT2D eigenvalue weighted by molar-refractivity contribution is 0.342. The molecular weight excluding hydrogens is 378 g/mol. The van der Waals surface area contributed by atoms with E-state index in [4.69, 9.17) is 5.73 Å². The summed E-state index contributed by atoms with van der Waals surface area (Å²) in [6.07, 6.45) is 7.24. The van der Waals surface area contributed by atoms with Gasteiger partial charge in [-0.15, -0.1) is 11.3 Å². The number of fused-ring (bicyclic) bond motifs is 1. The second-order valence-corrected chi connectivity index (χ2v) is 9.34. The van der Waals surface area contributed by atoms with Crippen LogP contribution in [-0.4, -0.2) is 30.6 Å². The molecule has 4 rings (SSSR count). The van der Waals surface area contributed by atoms with Crippen molar-refractivity contribution in [3.05, 3.63) is 46.2 Å². The van der Waals surface area contributed by atoms with E-state index in [1.165, 1.54) is 48.4 Å². The van der Waals surface area contributed by atoms with Gasteiger partial charge in [-0.2, -0.15) is 4.98 Å². The summed E-state index contributed by atoms with van der Waals surface area (Å²) in [6.45, 7) is 4.46. The summed E-state index contributed by atoms with van der Waals surface area (Å²) >= 11 is 1.91. The number of nitrogen functional groups attached to an aromatic ring is 1. The standard InChI is InChI=1S/C13H21NS.C10H12N4.2H2/c1-11-7-8-13(15-11)10-14-9-12-5-3-2-4-6-12;1-14(2)9-7-5-3-4-6-8(7)12-10(11)13-9;;/h7-8,12,14H,2-6,9-10H2,1H3;3-6H,1-2H3,(H2,11,12,13);2*1H. The van der Waals surface area contributed by atoms with Gasteiger partial charge < -0.3 is 16.0 Å². The van der Waals surface area contributed by atoms with Crippen LogP contribution in [0.2, 0.25) is 0 Å². The van der Waals surface area contributed by atoms with Crippen molar-refractivity contribution in [3.63, 3.8) is 0 Å². The van der Waals surface area contributed by atoms with Crippen LogP contribution in [-0.2, 0) is 6.54 Å². The van der Waals surface area contributed by atoms with Crippen LogP contribution < -0.4 is 16.0 Å². The molecule has 1 aromatic carbocycles. The molecule has 0 amide bonds. The minimum Gasteiger partial charge on any atom is -0.368 e. The van der Waals surface area contributed by atoms with Crippen LogP contribution in [0, 0.1) is 12.8 Å². The summed E-state index contributed by atoms with van der Waals surface area (Å²) in [4.78, 5) is 13.2. The highest BCUT2D eigenvalue weighted by atomic mass is 32.1. The predicted molar refractivity (Wildman–Crippen MR) is 130 cm³/mol.